The van der Waals surface area contributed by atoms with Gasteiger partial charge in [0.05, 0.1) is 6.04 Å². The van der Waals surface area contributed by atoms with Crippen LogP contribution in [-0.2, 0) is 9.59 Å². The molecule has 3 rings (SSSR count). The van der Waals surface area contributed by atoms with Crippen molar-refractivity contribution in [1.82, 2.24) is 15.2 Å². The molecule has 1 aromatic carbocycles. The second-order valence-electron chi connectivity index (χ2n) is 5.72. The summed E-state index contributed by atoms with van der Waals surface area (Å²) in [4.78, 5) is 41.9. The third-order valence-electron chi connectivity index (χ3n) is 4.06. The Hall–Kier alpha value is -2.74. The molecule has 1 fully saturated rings. The van der Waals surface area contributed by atoms with Crippen LogP contribution in [0.5, 0.6) is 0 Å². The Bertz CT molecular complexity index is 763. The molecule has 8 heteroatoms. The second kappa shape index (κ2) is 7.43. The van der Waals surface area contributed by atoms with Crippen molar-refractivity contribution >= 4 is 34.3 Å². The van der Waals surface area contributed by atoms with Gasteiger partial charge in [0.1, 0.15) is 6.04 Å². The van der Waals surface area contributed by atoms with Crippen LogP contribution in [0.2, 0.25) is 0 Å². The maximum absolute atomic E-state index is 12.6. The Kier molecular flexibility index (Phi) is 5.08. The second-order valence-corrected chi connectivity index (χ2v) is 6.62. The molecular weight excluding hydrogens is 340 g/mol. The predicted molar refractivity (Wildman–Crippen MR) is 94.0 cm³/mol. The minimum Gasteiger partial charge on any atom is -0.326 e. The Labute approximate surface area is 149 Å². The van der Waals surface area contributed by atoms with E-state index in [0.29, 0.717) is 5.13 Å². The summed E-state index contributed by atoms with van der Waals surface area (Å²) < 4.78 is 0. The first kappa shape index (κ1) is 17.1. The van der Waals surface area contributed by atoms with Gasteiger partial charge >= 0.3 is 6.03 Å². The van der Waals surface area contributed by atoms with E-state index in [1.807, 2.05) is 37.3 Å². The summed E-state index contributed by atoms with van der Waals surface area (Å²) in [5, 5.41) is 7.61. The molecule has 1 aromatic heterocycles. The van der Waals surface area contributed by atoms with Crippen LogP contribution >= 0.6 is 11.3 Å². The van der Waals surface area contributed by atoms with E-state index in [2.05, 4.69) is 15.6 Å². The lowest BCUT2D eigenvalue weighted by Gasteiger charge is -2.21. The van der Waals surface area contributed by atoms with Crippen molar-refractivity contribution < 1.29 is 14.4 Å². The third-order valence-corrected chi connectivity index (χ3v) is 4.75. The van der Waals surface area contributed by atoms with E-state index in [0.717, 1.165) is 5.56 Å². The Balaban J connectivity index is 1.58. The molecular formula is C17H18N4O3S. The van der Waals surface area contributed by atoms with Gasteiger partial charge in [-0.3, -0.25) is 14.5 Å². The third kappa shape index (κ3) is 3.85. The zero-order valence-corrected chi connectivity index (χ0v) is 14.5. The van der Waals surface area contributed by atoms with Crippen molar-refractivity contribution in [2.24, 2.45) is 0 Å². The number of rotatable bonds is 6. The molecule has 0 radical (unpaired) electrons. The molecule has 0 spiro atoms. The van der Waals surface area contributed by atoms with Crippen molar-refractivity contribution in [1.29, 1.82) is 0 Å². The largest absolute Gasteiger partial charge is 0.326 e. The zero-order chi connectivity index (χ0) is 17.8. The topological polar surface area (TPSA) is 91.4 Å². The van der Waals surface area contributed by atoms with Crippen molar-refractivity contribution in [2.75, 3.05) is 5.32 Å². The number of nitrogens with one attached hydrogen (secondary N) is 2. The van der Waals surface area contributed by atoms with E-state index in [1.165, 1.54) is 16.2 Å². The van der Waals surface area contributed by atoms with Crippen LogP contribution in [-0.4, -0.2) is 33.8 Å². The minimum atomic E-state index is -0.680. The molecule has 0 aliphatic carbocycles. The molecule has 2 aromatic rings. The molecule has 7 nitrogen and oxygen atoms in total. The first-order valence-corrected chi connectivity index (χ1v) is 8.82. The molecule has 4 amide bonds. The lowest BCUT2D eigenvalue weighted by atomic mass is 10.1. The Morgan fingerprint density at radius 3 is 2.80 bits per heavy atom. The summed E-state index contributed by atoms with van der Waals surface area (Å²) in [6.07, 6.45) is 1.98. The number of hydrogen-bond donors (Lipinski definition) is 2. The number of aromatic nitrogens is 1. The Morgan fingerprint density at radius 2 is 2.12 bits per heavy atom. The van der Waals surface area contributed by atoms with E-state index < -0.39 is 12.1 Å². The highest BCUT2D eigenvalue weighted by molar-refractivity contribution is 7.13. The number of hydrogen-bond acceptors (Lipinski definition) is 5. The van der Waals surface area contributed by atoms with Crippen LogP contribution in [0.1, 0.15) is 31.4 Å². The summed E-state index contributed by atoms with van der Waals surface area (Å²) in [5.41, 5.74) is 0.883. The monoisotopic (exact) mass is 358 g/mol. The van der Waals surface area contributed by atoms with Gasteiger partial charge in [0.25, 0.3) is 5.91 Å². The van der Waals surface area contributed by atoms with Gasteiger partial charge < -0.3 is 10.6 Å². The van der Waals surface area contributed by atoms with Gasteiger partial charge in [0.15, 0.2) is 5.13 Å². The average Bonchev–Trinajstić information content (AvgIpc) is 3.21. The normalized spacial score (nSPS) is 18.1. The molecule has 0 unspecified atom stereocenters. The molecule has 130 valence electrons. The van der Waals surface area contributed by atoms with Gasteiger partial charge in [-0.05, 0) is 18.9 Å². The highest BCUT2D eigenvalue weighted by Gasteiger charge is 2.40. The molecule has 2 N–H and O–H groups in total. The van der Waals surface area contributed by atoms with Crippen LogP contribution in [0.4, 0.5) is 9.93 Å². The van der Waals surface area contributed by atoms with Gasteiger partial charge in [-0.15, -0.1) is 11.3 Å². The van der Waals surface area contributed by atoms with Crippen LogP contribution < -0.4 is 10.6 Å². The van der Waals surface area contributed by atoms with Crippen molar-refractivity contribution in [3.05, 3.63) is 47.5 Å². The van der Waals surface area contributed by atoms with Crippen LogP contribution in [0.15, 0.2) is 41.9 Å². The van der Waals surface area contributed by atoms with E-state index in [1.54, 1.807) is 11.6 Å². The lowest BCUT2D eigenvalue weighted by Crippen LogP contribution is -2.34. The van der Waals surface area contributed by atoms with E-state index in [4.69, 9.17) is 0 Å². The number of urea groups is 1. The summed E-state index contributed by atoms with van der Waals surface area (Å²) in [6.45, 7) is 1.81. The fraction of sp³-hybridized carbons (Fsp3) is 0.294. The highest BCUT2D eigenvalue weighted by Crippen LogP contribution is 2.25. The number of carbonyl (C=O) groups excluding carboxylic acids is 3. The van der Waals surface area contributed by atoms with E-state index in [-0.39, 0.29) is 30.7 Å². The fourth-order valence-electron chi connectivity index (χ4n) is 2.73. The molecule has 0 saturated carbocycles. The summed E-state index contributed by atoms with van der Waals surface area (Å²) >= 11 is 1.32. The number of carbonyl (C=O) groups is 3. The molecule has 1 saturated heterocycles. The molecule has 2 heterocycles. The molecule has 25 heavy (non-hydrogen) atoms. The average molecular weight is 358 g/mol. The molecule has 0 bridgehead atoms. The summed E-state index contributed by atoms with van der Waals surface area (Å²) in [7, 11) is 0. The fourth-order valence-corrected chi connectivity index (χ4v) is 3.28. The first-order chi connectivity index (χ1) is 12.1. The minimum absolute atomic E-state index is 0.129. The smallest absolute Gasteiger partial charge is 0.325 e. The predicted octanol–water partition coefficient (Wildman–Crippen LogP) is 2.54. The summed E-state index contributed by atoms with van der Waals surface area (Å²) in [5.74, 6) is -0.532. The number of amides is 4. The van der Waals surface area contributed by atoms with Gasteiger partial charge in [-0.2, -0.15) is 0 Å². The maximum Gasteiger partial charge on any atom is 0.325 e. The number of imide groups is 1. The van der Waals surface area contributed by atoms with Crippen LogP contribution in [0.3, 0.4) is 0 Å². The van der Waals surface area contributed by atoms with Crippen LogP contribution in [0.25, 0.3) is 0 Å². The lowest BCUT2D eigenvalue weighted by molar-refractivity contribution is -0.129. The van der Waals surface area contributed by atoms with Gasteiger partial charge in [-0.1, -0.05) is 30.3 Å². The quantitative estimate of drug-likeness (QED) is 0.776. The molecule has 1 aliphatic heterocycles. The first-order valence-electron chi connectivity index (χ1n) is 7.94. The molecule has 1 aliphatic rings. The van der Waals surface area contributed by atoms with Crippen molar-refractivity contribution in [3.63, 3.8) is 0 Å². The van der Waals surface area contributed by atoms with E-state index in [9.17, 15) is 14.4 Å². The maximum atomic E-state index is 12.6. The number of anilines is 1. The zero-order valence-electron chi connectivity index (χ0n) is 13.6. The van der Waals surface area contributed by atoms with Gasteiger partial charge in [0, 0.05) is 18.0 Å². The standard InChI is InChI=1S/C17H18N4O3S/c1-11(12-5-3-2-4-6-12)21-15(23)13(19-17(21)24)7-8-14(22)20-16-18-9-10-25-16/h2-6,9-11,13H,7-8H2,1H3,(H,19,24)(H,18,20,22)/t11-,13-/m1/s1. The SMILES string of the molecule is C[C@H](c1ccccc1)N1C(=O)N[C@H](CCC(=O)Nc2nccs2)C1=O. The van der Waals surface area contributed by atoms with Gasteiger partial charge in [-0.25, -0.2) is 9.78 Å². The number of benzene rings is 1. The number of nitrogens with zero attached hydrogens (tertiary/aromatic N) is 2. The Morgan fingerprint density at radius 1 is 1.36 bits per heavy atom. The van der Waals surface area contributed by atoms with E-state index >= 15 is 0 Å². The molecule has 2 atom stereocenters. The van der Waals surface area contributed by atoms with Crippen molar-refractivity contribution in [3.8, 4) is 0 Å². The van der Waals surface area contributed by atoms with Crippen molar-refractivity contribution in [2.45, 2.75) is 31.8 Å². The highest BCUT2D eigenvalue weighted by atomic mass is 32.1. The van der Waals surface area contributed by atoms with Gasteiger partial charge in [0.2, 0.25) is 5.91 Å². The summed E-state index contributed by atoms with van der Waals surface area (Å²) in [6, 6.07) is 7.90. The number of thiazole rings is 1. The van der Waals surface area contributed by atoms with Crippen LogP contribution in [0, 0.1) is 0 Å².